The van der Waals surface area contributed by atoms with E-state index in [1.807, 2.05) is 19.1 Å². The predicted octanol–water partition coefficient (Wildman–Crippen LogP) is 4.45. The highest BCUT2D eigenvalue weighted by Gasteiger charge is 2.15. The molecule has 0 radical (unpaired) electrons. The average Bonchev–Trinajstić information content (AvgIpc) is 2.56. The molecule has 0 fully saturated rings. The summed E-state index contributed by atoms with van der Waals surface area (Å²) in [5.74, 6) is 0.398. The van der Waals surface area contributed by atoms with Gasteiger partial charge in [-0.25, -0.2) is 0 Å². The van der Waals surface area contributed by atoms with E-state index in [0.717, 1.165) is 4.47 Å². The van der Waals surface area contributed by atoms with E-state index in [4.69, 9.17) is 4.74 Å². The Labute approximate surface area is 144 Å². The Morgan fingerprint density at radius 1 is 1.09 bits per heavy atom. The van der Waals surface area contributed by atoms with Crippen LogP contribution in [0, 0.1) is 0 Å². The number of halogens is 1. The Morgan fingerprint density at radius 2 is 1.70 bits per heavy atom. The summed E-state index contributed by atoms with van der Waals surface area (Å²) in [6, 6.07) is 14.1. The Kier molecular flexibility index (Phi) is 5.93. The lowest BCUT2D eigenvalue weighted by Gasteiger charge is -2.15. The minimum Gasteiger partial charge on any atom is -0.481 e. The van der Waals surface area contributed by atoms with Crippen molar-refractivity contribution >= 4 is 33.3 Å². The van der Waals surface area contributed by atoms with Gasteiger partial charge in [0.25, 0.3) is 5.91 Å². The van der Waals surface area contributed by atoms with Gasteiger partial charge in [-0.15, -0.1) is 0 Å². The second kappa shape index (κ2) is 7.92. The Bertz CT molecular complexity index is 680. The summed E-state index contributed by atoms with van der Waals surface area (Å²) >= 11 is 3.34. The molecule has 0 aliphatic heterocycles. The van der Waals surface area contributed by atoms with E-state index in [0.29, 0.717) is 23.4 Å². The molecule has 4 nitrogen and oxygen atoms in total. The molecule has 2 aromatic rings. The highest BCUT2D eigenvalue weighted by Crippen LogP contribution is 2.17. The normalized spacial score (nSPS) is 11.6. The maximum Gasteiger partial charge on any atom is 0.265 e. The lowest BCUT2D eigenvalue weighted by molar-refractivity contribution is -0.122. The smallest absolute Gasteiger partial charge is 0.265 e. The van der Waals surface area contributed by atoms with Crippen LogP contribution in [0.15, 0.2) is 53.0 Å². The first-order chi connectivity index (χ1) is 11.0. The van der Waals surface area contributed by atoms with Gasteiger partial charge in [0.05, 0.1) is 0 Å². The number of nitrogens with one attached hydrogen (secondary N) is 1. The second-order valence-corrected chi connectivity index (χ2v) is 5.97. The van der Waals surface area contributed by atoms with Gasteiger partial charge in [0.1, 0.15) is 5.75 Å². The van der Waals surface area contributed by atoms with Crippen molar-refractivity contribution in [2.24, 2.45) is 0 Å². The number of ether oxygens (including phenoxy) is 1. The van der Waals surface area contributed by atoms with E-state index in [9.17, 15) is 9.59 Å². The van der Waals surface area contributed by atoms with E-state index in [2.05, 4.69) is 21.2 Å². The van der Waals surface area contributed by atoms with Crippen molar-refractivity contribution < 1.29 is 14.3 Å². The van der Waals surface area contributed by atoms with Crippen molar-refractivity contribution in [1.29, 1.82) is 0 Å². The maximum atomic E-state index is 12.1. The maximum absolute atomic E-state index is 12.1. The molecular formula is C18H18BrNO3. The number of hydrogen-bond donors (Lipinski definition) is 1. The van der Waals surface area contributed by atoms with Gasteiger partial charge in [-0.05, 0) is 55.5 Å². The topological polar surface area (TPSA) is 55.4 Å². The molecule has 120 valence electrons. The number of carbonyl (C=O) groups is 2. The van der Waals surface area contributed by atoms with Crippen LogP contribution in [0.2, 0.25) is 0 Å². The zero-order valence-corrected chi connectivity index (χ0v) is 14.6. The molecule has 0 saturated heterocycles. The molecule has 0 spiro atoms. The van der Waals surface area contributed by atoms with Crippen LogP contribution in [0.25, 0.3) is 0 Å². The monoisotopic (exact) mass is 375 g/mol. The number of benzene rings is 2. The van der Waals surface area contributed by atoms with Gasteiger partial charge in [-0.2, -0.15) is 0 Å². The van der Waals surface area contributed by atoms with E-state index < -0.39 is 6.10 Å². The van der Waals surface area contributed by atoms with Gasteiger partial charge < -0.3 is 10.1 Å². The van der Waals surface area contributed by atoms with Crippen molar-refractivity contribution in [2.75, 3.05) is 5.32 Å². The zero-order chi connectivity index (χ0) is 16.8. The fourth-order valence-electron chi connectivity index (χ4n) is 1.96. The van der Waals surface area contributed by atoms with E-state index in [1.54, 1.807) is 43.3 Å². The zero-order valence-electron chi connectivity index (χ0n) is 13.0. The molecule has 0 bridgehead atoms. The number of carbonyl (C=O) groups excluding carboxylic acids is 2. The molecule has 0 aliphatic carbocycles. The van der Waals surface area contributed by atoms with Gasteiger partial charge in [-0.3, -0.25) is 9.59 Å². The fraction of sp³-hybridized carbons (Fsp3) is 0.222. The van der Waals surface area contributed by atoms with Crippen LogP contribution in [0.4, 0.5) is 5.69 Å². The average molecular weight is 376 g/mol. The minimum atomic E-state index is -0.647. The number of amides is 1. The largest absolute Gasteiger partial charge is 0.481 e. The lowest BCUT2D eigenvalue weighted by atomic mass is 10.1. The summed E-state index contributed by atoms with van der Waals surface area (Å²) in [6.45, 7) is 3.50. The van der Waals surface area contributed by atoms with Crippen molar-refractivity contribution in [3.63, 3.8) is 0 Å². The number of ketones is 1. The summed E-state index contributed by atoms with van der Waals surface area (Å²) < 4.78 is 6.55. The first-order valence-electron chi connectivity index (χ1n) is 7.36. The third kappa shape index (κ3) is 4.93. The molecule has 2 rings (SSSR count). The van der Waals surface area contributed by atoms with Crippen LogP contribution in [0.1, 0.15) is 30.6 Å². The molecule has 1 N–H and O–H groups in total. The molecule has 0 aliphatic rings. The first kappa shape index (κ1) is 17.2. The van der Waals surface area contributed by atoms with Crippen LogP contribution in [0.5, 0.6) is 5.75 Å². The Hall–Kier alpha value is -2.14. The van der Waals surface area contributed by atoms with Crippen molar-refractivity contribution in [3.05, 3.63) is 58.6 Å². The lowest BCUT2D eigenvalue weighted by Crippen LogP contribution is -2.30. The highest BCUT2D eigenvalue weighted by atomic mass is 79.9. The predicted molar refractivity (Wildman–Crippen MR) is 93.9 cm³/mol. The van der Waals surface area contributed by atoms with Crippen molar-refractivity contribution in [3.8, 4) is 5.75 Å². The van der Waals surface area contributed by atoms with Gasteiger partial charge in [0.15, 0.2) is 11.9 Å². The molecule has 2 aromatic carbocycles. The number of hydrogen-bond acceptors (Lipinski definition) is 3. The van der Waals surface area contributed by atoms with Crippen LogP contribution < -0.4 is 10.1 Å². The molecule has 0 unspecified atom stereocenters. The molecule has 1 atom stereocenters. The summed E-state index contributed by atoms with van der Waals surface area (Å²) in [5, 5.41) is 2.79. The van der Waals surface area contributed by atoms with Gasteiger partial charge in [0.2, 0.25) is 0 Å². The van der Waals surface area contributed by atoms with Crippen molar-refractivity contribution in [1.82, 2.24) is 0 Å². The minimum absolute atomic E-state index is 0.0811. The Morgan fingerprint density at radius 3 is 2.26 bits per heavy atom. The summed E-state index contributed by atoms with van der Waals surface area (Å²) in [7, 11) is 0. The number of anilines is 1. The van der Waals surface area contributed by atoms with E-state index >= 15 is 0 Å². The first-order valence-corrected chi connectivity index (χ1v) is 8.15. The van der Waals surface area contributed by atoms with Crippen LogP contribution in [-0.4, -0.2) is 17.8 Å². The van der Waals surface area contributed by atoms with Gasteiger partial charge in [-0.1, -0.05) is 22.9 Å². The van der Waals surface area contributed by atoms with Gasteiger partial charge in [0, 0.05) is 22.1 Å². The van der Waals surface area contributed by atoms with Crippen LogP contribution in [-0.2, 0) is 4.79 Å². The number of Topliss-reactive ketones (excluding diaryl/α,β-unsaturated/α-hetero) is 1. The van der Waals surface area contributed by atoms with Gasteiger partial charge >= 0.3 is 0 Å². The van der Waals surface area contributed by atoms with E-state index in [1.165, 1.54) is 0 Å². The van der Waals surface area contributed by atoms with Crippen molar-refractivity contribution in [2.45, 2.75) is 26.4 Å². The van der Waals surface area contributed by atoms with E-state index in [-0.39, 0.29) is 11.7 Å². The molecular weight excluding hydrogens is 358 g/mol. The molecule has 1 amide bonds. The SMILES string of the molecule is CCC(=O)c1ccc(O[C@@H](C)C(=O)Nc2ccc(Br)cc2)cc1. The molecule has 0 saturated carbocycles. The second-order valence-electron chi connectivity index (χ2n) is 5.06. The fourth-order valence-corrected chi connectivity index (χ4v) is 2.22. The standard InChI is InChI=1S/C18H18BrNO3/c1-3-17(21)13-4-10-16(11-5-13)23-12(2)18(22)20-15-8-6-14(19)7-9-15/h4-12H,3H2,1-2H3,(H,20,22)/t12-/m0/s1. The summed E-state index contributed by atoms with van der Waals surface area (Å²) in [4.78, 5) is 23.7. The van der Waals surface area contributed by atoms with Crippen LogP contribution >= 0.6 is 15.9 Å². The quantitative estimate of drug-likeness (QED) is 0.758. The molecule has 5 heteroatoms. The molecule has 23 heavy (non-hydrogen) atoms. The summed E-state index contributed by atoms with van der Waals surface area (Å²) in [5.41, 5.74) is 1.35. The third-order valence-corrected chi connectivity index (χ3v) is 3.82. The molecule has 0 aromatic heterocycles. The summed E-state index contributed by atoms with van der Waals surface area (Å²) in [6.07, 6.45) is -0.182. The molecule has 0 heterocycles. The Balaban J connectivity index is 1.95. The number of rotatable bonds is 6. The highest BCUT2D eigenvalue weighted by molar-refractivity contribution is 9.10. The third-order valence-electron chi connectivity index (χ3n) is 3.29. The van der Waals surface area contributed by atoms with Crippen LogP contribution in [0.3, 0.4) is 0 Å².